The predicted octanol–water partition coefficient (Wildman–Crippen LogP) is 2.77. The van der Waals surface area contributed by atoms with Crippen LogP contribution in [0.5, 0.6) is 0 Å². The van der Waals surface area contributed by atoms with Crippen molar-refractivity contribution in [3.8, 4) is 0 Å². The summed E-state index contributed by atoms with van der Waals surface area (Å²) in [6.07, 6.45) is 11.8. The van der Waals surface area contributed by atoms with Crippen LogP contribution >= 0.6 is 0 Å². The number of rotatable bonds is 6. The first kappa shape index (κ1) is 21.3. The normalized spacial score (nSPS) is 27.9. The number of amides is 1. The van der Waals surface area contributed by atoms with Crippen LogP contribution in [0.2, 0.25) is 0 Å². The molecule has 4 rings (SSSR count). The number of aromatic nitrogens is 2. The van der Waals surface area contributed by atoms with Gasteiger partial charge in [-0.05, 0) is 56.9 Å². The Morgan fingerprint density at radius 2 is 1.77 bits per heavy atom. The summed E-state index contributed by atoms with van der Waals surface area (Å²) < 4.78 is 1.50. The number of anilines is 1. The molecule has 0 aromatic carbocycles. The number of aliphatic hydroxyl groups is 1. The molecule has 0 bridgehead atoms. The number of hydrogen-bond donors (Lipinski definition) is 2. The van der Waals surface area contributed by atoms with Crippen LogP contribution in [0, 0.1) is 5.92 Å². The van der Waals surface area contributed by atoms with E-state index >= 15 is 0 Å². The first-order valence-corrected chi connectivity index (χ1v) is 11.9. The maximum Gasteiger partial charge on any atom is 0.267 e. The van der Waals surface area contributed by atoms with Gasteiger partial charge in [0, 0.05) is 31.6 Å². The van der Waals surface area contributed by atoms with Gasteiger partial charge in [-0.15, -0.1) is 0 Å². The third-order valence-electron chi connectivity index (χ3n) is 7.22. The number of nitrogens with zero attached hydrogens (tertiary/aromatic N) is 3. The summed E-state index contributed by atoms with van der Waals surface area (Å²) in [5.74, 6) is 1.50. The molecule has 0 spiro atoms. The zero-order valence-electron chi connectivity index (χ0n) is 18.0. The van der Waals surface area contributed by atoms with Gasteiger partial charge >= 0.3 is 0 Å². The molecule has 166 valence electrons. The Labute approximate surface area is 178 Å². The van der Waals surface area contributed by atoms with Gasteiger partial charge in [0.05, 0.1) is 12.1 Å². The molecule has 1 aliphatic heterocycles. The van der Waals surface area contributed by atoms with Crippen molar-refractivity contribution in [2.24, 2.45) is 5.92 Å². The second-order valence-electron chi connectivity index (χ2n) is 9.40. The summed E-state index contributed by atoms with van der Waals surface area (Å²) in [6, 6.07) is 3.34. The van der Waals surface area contributed by atoms with E-state index in [1.165, 1.54) is 30.4 Å². The quantitative estimate of drug-likeness (QED) is 0.745. The highest BCUT2D eigenvalue weighted by molar-refractivity contribution is 5.76. The van der Waals surface area contributed by atoms with E-state index in [9.17, 15) is 14.7 Å². The van der Waals surface area contributed by atoms with Crippen molar-refractivity contribution in [2.45, 2.75) is 95.2 Å². The minimum absolute atomic E-state index is 0.150. The highest BCUT2D eigenvalue weighted by Crippen LogP contribution is 2.29. The van der Waals surface area contributed by atoms with Crippen molar-refractivity contribution >= 4 is 11.7 Å². The van der Waals surface area contributed by atoms with Gasteiger partial charge in [0.1, 0.15) is 5.82 Å². The van der Waals surface area contributed by atoms with Gasteiger partial charge in [0.15, 0.2) is 0 Å². The smallest absolute Gasteiger partial charge is 0.267 e. The first-order valence-electron chi connectivity index (χ1n) is 11.9. The number of hydrogen-bond acceptors (Lipinski definition) is 5. The Bertz CT molecular complexity index is 774. The van der Waals surface area contributed by atoms with Gasteiger partial charge in [0.2, 0.25) is 5.91 Å². The van der Waals surface area contributed by atoms with E-state index in [-0.39, 0.29) is 23.6 Å². The molecule has 3 unspecified atom stereocenters. The Morgan fingerprint density at radius 3 is 2.57 bits per heavy atom. The molecule has 1 amide bonds. The zero-order valence-corrected chi connectivity index (χ0v) is 18.0. The van der Waals surface area contributed by atoms with E-state index in [4.69, 9.17) is 0 Å². The molecule has 3 fully saturated rings. The molecule has 0 radical (unpaired) electrons. The largest absolute Gasteiger partial charge is 0.391 e. The number of aliphatic hydroxyl groups excluding tert-OH is 1. The third-order valence-corrected chi connectivity index (χ3v) is 7.22. The fraction of sp³-hybridized carbons (Fsp3) is 0.783. The van der Waals surface area contributed by atoms with Crippen molar-refractivity contribution in [3.05, 3.63) is 22.5 Å². The molecule has 1 saturated heterocycles. The molecule has 7 nitrogen and oxygen atoms in total. The molecule has 2 aliphatic carbocycles. The lowest BCUT2D eigenvalue weighted by atomic mass is 9.93. The zero-order chi connectivity index (χ0) is 20.9. The van der Waals surface area contributed by atoms with Crippen LogP contribution in [0.25, 0.3) is 0 Å². The molecule has 1 aromatic heterocycles. The molecule has 1 aromatic rings. The van der Waals surface area contributed by atoms with E-state index in [1.807, 2.05) is 0 Å². The highest BCUT2D eigenvalue weighted by atomic mass is 16.3. The van der Waals surface area contributed by atoms with E-state index in [1.54, 1.807) is 12.1 Å². The van der Waals surface area contributed by atoms with Crippen LogP contribution in [-0.2, 0) is 4.79 Å². The molecule has 2 saturated carbocycles. The topological polar surface area (TPSA) is 87.5 Å². The molecule has 3 aliphatic rings. The molecular formula is C23H36N4O3. The Hall–Kier alpha value is -1.89. The lowest BCUT2D eigenvalue weighted by molar-refractivity contribution is -0.122. The van der Waals surface area contributed by atoms with Crippen LogP contribution in [0.3, 0.4) is 0 Å². The minimum Gasteiger partial charge on any atom is -0.391 e. The van der Waals surface area contributed by atoms with Crippen LogP contribution in [0.1, 0.15) is 83.1 Å². The van der Waals surface area contributed by atoms with E-state index in [0.29, 0.717) is 18.9 Å². The molecule has 30 heavy (non-hydrogen) atoms. The van der Waals surface area contributed by atoms with Gasteiger partial charge in [-0.2, -0.15) is 5.10 Å². The van der Waals surface area contributed by atoms with Gasteiger partial charge < -0.3 is 15.3 Å². The SMILES string of the molecule is O=C(CC1CCCC1)NCC1CCCCN1c1ccc(=O)n(C2CCCCC2O)n1. The van der Waals surface area contributed by atoms with Gasteiger partial charge in [-0.3, -0.25) is 9.59 Å². The van der Waals surface area contributed by atoms with Crippen molar-refractivity contribution in [1.29, 1.82) is 0 Å². The number of carbonyl (C=O) groups is 1. The average Bonchev–Trinajstić information content (AvgIpc) is 3.26. The Morgan fingerprint density at radius 1 is 1.03 bits per heavy atom. The van der Waals surface area contributed by atoms with Crippen LogP contribution in [-0.4, -0.2) is 46.0 Å². The second-order valence-corrected chi connectivity index (χ2v) is 9.40. The van der Waals surface area contributed by atoms with Crippen LogP contribution in [0.15, 0.2) is 16.9 Å². The first-order chi connectivity index (χ1) is 14.6. The summed E-state index contributed by atoms with van der Waals surface area (Å²) in [7, 11) is 0. The van der Waals surface area contributed by atoms with E-state index in [0.717, 1.165) is 57.3 Å². The van der Waals surface area contributed by atoms with Crippen molar-refractivity contribution < 1.29 is 9.90 Å². The summed E-state index contributed by atoms with van der Waals surface area (Å²) in [6.45, 7) is 1.50. The number of nitrogens with one attached hydrogen (secondary N) is 1. The van der Waals surface area contributed by atoms with Crippen molar-refractivity contribution in [3.63, 3.8) is 0 Å². The Kier molecular flexibility index (Phi) is 7.08. The average molecular weight is 417 g/mol. The lowest BCUT2D eigenvalue weighted by Crippen LogP contribution is -2.48. The third kappa shape index (κ3) is 5.05. The van der Waals surface area contributed by atoms with Crippen molar-refractivity contribution in [1.82, 2.24) is 15.1 Å². The van der Waals surface area contributed by atoms with Crippen molar-refractivity contribution in [2.75, 3.05) is 18.0 Å². The van der Waals surface area contributed by atoms with Gasteiger partial charge in [-0.1, -0.05) is 25.7 Å². The number of carbonyl (C=O) groups excluding carboxylic acids is 1. The fourth-order valence-corrected chi connectivity index (χ4v) is 5.48. The van der Waals surface area contributed by atoms with Crippen LogP contribution < -0.4 is 15.8 Å². The molecule has 3 atom stereocenters. The molecular weight excluding hydrogens is 380 g/mol. The summed E-state index contributed by atoms with van der Waals surface area (Å²) in [4.78, 5) is 27.1. The summed E-state index contributed by atoms with van der Waals surface area (Å²) >= 11 is 0. The molecule has 2 heterocycles. The minimum atomic E-state index is -0.508. The van der Waals surface area contributed by atoms with Crippen LogP contribution in [0.4, 0.5) is 5.82 Å². The maximum absolute atomic E-state index is 12.5. The maximum atomic E-state index is 12.5. The summed E-state index contributed by atoms with van der Waals surface area (Å²) in [5.41, 5.74) is -0.150. The standard InChI is InChI=1S/C23H36N4O3/c28-20-11-4-3-10-19(20)27-23(30)13-12-21(25-27)26-14-6-5-9-18(26)16-24-22(29)15-17-7-1-2-8-17/h12-13,17-20,28H,1-11,14-16H2,(H,24,29). The van der Waals surface area contributed by atoms with Gasteiger partial charge in [0.25, 0.3) is 5.56 Å². The van der Waals surface area contributed by atoms with Gasteiger partial charge in [-0.25, -0.2) is 4.68 Å². The monoisotopic (exact) mass is 416 g/mol. The Balaban J connectivity index is 1.43. The lowest BCUT2D eigenvalue weighted by Gasteiger charge is -2.37. The highest BCUT2D eigenvalue weighted by Gasteiger charge is 2.29. The molecule has 7 heteroatoms. The predicted molar refractivity (Wildman–Crippen MR) is 117 cm³/mol. The fourth-order valence-electron chi connectivity index (χ4n) is 5.48. The number of piperidine rings is 1. The van der Waals surface area contributed by atoms with E-state index in [2.05, 4.69) is 15.3 Å². The second kappa shape index (κ2) is 9.94. The molecule has 2 N–H and O–H groups in total. The van der Waals surface area contributed by atoms with E-state index < -0.39 is 6.10 Å². The summed E-state index contributed by atoms with van der Waals surface area (Å²) in [5, 5.41) is 18.2.